The molecule has 0 N–H and O–H groups in total. The topological polar surface area (TPSA) is 49.3 Å². The lowest BCUT2D eigenvalue weighted by molar-refractivity contribution is -0.131. The van der Waals surface area contributed by atoms with Gasteiger partial charge in [0.25, 0.3) is 0 Å². The highest BCUT2D eigenvalue weighted by atomic mass is 16.2. The molecule has 2 aromatic rings. The standard InChI is InChI=1S/C20H26N4O/c1-15-13-21-14-22-20(15)17-8-10-24(11-9-17)19(25)12-16-4-6-18(7-5-16)23(2)3/h4-7,13-14,17H,8-12H2,1-3H3. The first-order chi connectivity index (χ1) is 12.0. The van der Waals surface area contributed by atoms with Crippen molar-refractivity contribution in [2.24, 2.45) is 0 Å². The van der Waals surface area contributed by atoms with E-state index in [0.29, 0.717) is 12.3 Å². The zero-order valence-electron chi connectivity index (χ0n) is 15.3. The van der Waals surface area contributed by atoms with E-state index in [4.69, 9.17) is 0 Å². The van der Waals surface area contributed by atoms with Gasteiger partial charge in [0.05, 0.1) is 6.42 Å². The van der Waals surface area contributed by atoms with Crippen LogP contribution in [0, 0.1) is 6.92 Å². The summed E-state index contributed by atoms with van der Waals surface area (Å²) in [5, 5.41) is 0. The number of aromatic nitrogens is 2. The summed E-state index contributed by atoms with van der Waals surface area (Å²) in [6.07, 6.45) is 5.92. The summed E-state index contributed by atoms with van der Waals surface area (Å²) in [5.41, 5.74) is 4.51. The number of benzene rings is 1. The van der Waals surface area contributed by atoms with Crippen molar-refractivity contribution < 1.29 is 4.79 Å². The molecule has 5 nitrogen and oxygen atoms in total. The number of nitrogens with zero attached hydrogens (tertiary/aromatic N) is 4. The molecule has 1 saturated heterocycles. The highest BCUT2D eigenvalue weighted by Crippen LogP contribution is 2.28. The maximum absolute atomic E-state index is 12.6. The number of hydrogen-bond acceptors (Lipinski definition) is 4. The fraction of sp³-hybridized carbons (Fsp3) is 0.450. The predicted molar refractivity (Wildman–Crippen MR) is 99.8 cm³/mol. The minimum Gasteiger partial charge on any atom is -0.378 e. The second-order valence-electron chi connectivity index (χ2n) is 6.98. The Kier molecular flexibility index (Phi) is 5.31. The molecule has 0 bridgehead atoms. The van der Waals surface area contributed by atoms with Gasteiger partial charge in [-0.25, -0.2) is 9.97 Å². The Bertz CT molecular complexity index is 719. The van der Waals surface area contributed by atoms with Gasteiger partial charge in [0, 0.05) is 50.7 Å². The number of carbonyl (C=O) groups excluding carboxylic acids is 1. The third-order valence-electron chi connectivity index (χ3n) is 4.98. The minimum absolute atomic E-state index is 0.218. The van der Waals surface area contributed by atoms with Gasteiger partial charge in [0.1, 0.15) is 6.33 Å². The van der Waals surface area contributed by atoms with Crippen LogP contribution in [0.25, 0.3) is 0 Å². The van der Waals surface area contributed by atoms with Gasteiger partial charge >= 0.3 is 0 Å². The van der Waals surface area contributed by atoms with Gasteiger partial charge in [0.15, 0.2) is 0 Å². The quantitative estimate of drug-likeness (QED) is 0.860. The van der Waals surface area contributed by atoms with E-state index in [9.17, 15) is 4.79 Å². The second-order valence-corrected chi connectivity index (χ2v) is 6.98. The van der Waals surface area contributed by atoms with E-state index in [0.717, 1.165) is 48.4 Å². The molecule has 5 heteroatoms. The number of rotatable bonds is 4. The smallest absolute Gasteiger partial charge is 0.226 e. The van der Waals surface area contributed by atoms with Gasteiger partial charge in [-0.05, 0) is 43.0 Å². The molecular weight excluding hydrogens is 312 g/mol. The van der Waals surface area contributed by atoms with E-state index < -0.39 is 0 Å². The third kappa shape index (κ3) is 4.16. The number of amides is 1. The van der Waals surface area contributed by atoms with Crippen LogP contribution in [0.4, 0.5) is 5.69 Å². The molecule has 1 aromatic carbocycles. The average molecular weight is 338 g/mol. The lowest BCUT2D eigenvalue weighted by Crippen LogP contribution is -2.39. The number of carbonyl (C=O) groups is 1. The fourth-order valence-electron chi connectivity index (χ4n) is 3.44. The summed E-state index contributed by atoms with van der Waals surface area (Å²) in [4.78, 5) is 25.2. The molecule has 2 heterocycles. The average Bonchev–Trinajstić information content (AvgIpc) is 2.63. The van der Waals surface area contributed by atoms with Crippen molar-refractivity contribution in [2.75, 3.05) is 32.1 Å². The van der Waals surface area contributed by atoms with Crippen molar-refractivity contribution in [3.05, 3.63) is 53.6 Å². The molecule has 1 aromatic heterocycles. The lowest BCUT2D eigenvalue weighted by atomic mass is 9.91. The Morgan fingerprint density at radius 3 is 2.48 bits per heavy atom. The molecule has 25 heavy (non-hydrogen) atoms. The molecule has 3 rings (SSSR count). The molecular formula is C20H26N4O. The minimum atomic E-state index is 0.218. The first-order valence-corrected chi connectivity index (χ1v) is 8.85. The number of piperidine rings is 1. The zero-order valence-corrected chi connectivity index (χ0v) is 15.3. The first-order valence-electron chi connectivity index (χ1n) is 8.85. The van der Waals surface area contributed by atoms with Gasteiger partial charge in [-0.1, -0.05) is 12.1 Å². The SMILES string of the molecule is Cc1cncnc1C1CCN(C(=O)Cc2ccc(N(C)C)cc2)CC1. The van der Waals surface area contributed by atoms with Crippen molar-refractivity contribution in [2.45, 2.75) is 32.1 Å². The second kappa shape index (κ2) is 7.64. The Balaban J connectivity index is 1.55. The highest BCUT2D eigenvalue weighted by molar-refractivity contribution is 5.79. The monoisotopic (exact) mass is 338 g/mol. The Labute approximate surface area is 149 Å². The lowest BCUT2D eigenvalue weighted by Gasteiger charge is -2.32. The normalized spacial score (nSPS) is 15.2. The highest BCUT2D eigenvalue weighted by Gasteiger charge is 2.25. The summed E-state index contributed by atoms with van der Waals surface area (Å²) in [6, 6.07) is 8.22. The number of aryl methyl sites for hydroxylation is 1. The van der Waals surface area contributed by atoms with Crippen LogP contribution < -0.4 is 4.90 Å². The molecule has 1 aliphatic heterocycles. The van der Waals surface area contributed by atoms with Gasteiger partial charge < -0.3 is 9.80 Å². The van der Waals surface area contributed by atoms with Gasteiger partial charge in [-0.2, -0.15) is 0 Å². The van der Waals surface area contributed by atoms with Crippen LogP contribution in [-0.2, 0) is 11.2 Å². The van der Waals surface area contributed by atoms with Crippen LogP contribution in [0.3, 0.4) is 0 Å². The molecule has 132 valence electrons. The van der Waals surface area contributed by atoms with Crippen LogP contribution in [0.1, 0.15) is 35.6 Å². The van der Waals surface area contributed by atoms with Crippen molar-refractivity contribution in [1.29, 1.82) is 0 Å². The maximum Gasteiger partial charge on any atom is 0.226 e. The van der Waals surface area contributed by atoms with Crippen molar-refractivity contribution >= 4 is 11.6 Å². The molecule has 0 radical (unpaired) electrons. The molecule has 1 aliphatic rings. The fourth-order valence-corrected chi connectivity index (χ4v) is 3.44. The number of hydrogen-bond donors (Lipinski definition) is 0. The van der Waals surface area contributed by atoms with Crippen LogP contribution in [0.2, 0.25) is 0 Å². The molecule has 0 saturated carbocycles. The molecule has 0 unspecified atom stereocenters. The van der Waals surface area contributed by atoms with Crippen LogP contribution in [0.15, 0.2) is 36.8 Å². The third-order valence-corrected chi connectivity index (χ3v) is 4.98. The van der Waals surface area contributed by atoms with E-state index in [1.54, 1.807) is 6.33 Å². The van der Waals surface area contributed by atoms with Crippen molar-refractivity contribution in [3.8, 4) is 0 Å². The maximum atomic E-state index is 12.6. The van der Waals surface area contributed by atoms with Crippen molar-refractivity contribution in [3.63, 3.8) is 0 Å². The Hall–Kier alpha value is -2.43. The Morgan fingerprint density at radius 1 is 1.20 bits per heavy atom. The summed E-state index contributed by atoms with van der Waals surface area (Å²) >= 11 is 0. The van der Waals surface area contributed by atoms with E-state index in [2.05, 4.69) is 33.9 Å². The number of anilines is 1. The van der Waals surface area contributed by atoms with E-state index in [-0.39, 0.29) is 5.91 Å². The number of likely N-dealkylation sites (tertiary alicyclic amines) is 1. The summed E-state index contributed by atoms with van der Waals surface area (Å²) in [6.45, 7) is 3.68. The van der Waals surface area contributed by atoms with Crippen molar-refractivity contribution in [1.82, 2.24) is 14.9 Å². The van der Waals surface area contributed by atoms with E-state index in [1.165, 1.54) is 0 Å². The van der Waals surface area contributed by atoms with E-state index >= 15 is 0 Å². The van der Waals surface area contributed by atoms with Gasteiger partial charge in [0.2, 0.25) is 5.91 Å². The molecule has 1 fully saturated rings. The van der Waals surface area contributed by atoms with E-state index in [1.807, 2.05) is 37.3 Å². The first kappa shape index (κ1) is 17.4. The van der Waals surface area contributed by atoms with Crippen LogP contribution >= 0.6 is 0 Å². The zero-order chi connectivity index (χ0) is 17.8. The summed E-state index contributed by atoms with van der Waals surface area (Å²) < 4.78 is 0. The van der Waals surface area contributed by atoms with Gasteiger partial charge in [-0.3, -0.25) is 4.79 Å². The molecule has 0 spiro atoms. The predicted octanol–water partition coefficient (Wildman–Crippen LogP) is 2.80. The largest absolute Gasteiger partial charge is 0.378 e. The summed E-state index contributed by atoms with van der Waals surface area (Å²) in [5.74, 6) is 0.655. The molecule has 0 atom stereocenters. The van der Waals surface area contributed by atoms with Gasteiger partial charge in [-0.15, -0.1) is 0 Å². The van der Waals surface area contributed by atoms with Crippen LogP contribution in [0.5, 0.6) is 0 Å². The molecule has 0 aliphatic carbocycles. The van der Waals surface area contributed by atoms with Crippen LogP contribution in [-0.4, -0.2) is 48.0 Å². The summed E-state index contributed by atoms with van der Waals surface area (Å²) in [7, 11) is 4.04. The Morgan fingerprint density at radius 2 is 1.88 bits per heavy atom. The molecule has 1 amide bonds.